The van der Waals surface area contributed by atoms with E-state index >= 15 is 0 Å². The molecule has 1 heterocycles. The van der Waals surface area contributed by atoms with Crippen LogP contribution in [0.3, 0.4) is 0 Å². The van der Waals surface area contributed by atoms with Crippen molar-refractivity contribution in [3.05, 3.63) is 16.1 Å². The van der Waals surface area contributed by atoms with Crippen LogP contribution in [0.25, 0.3) is 0 Å². The van der Waals surface area contributed by atoms with Crippen LogP contribution in [0.15, 0.2) is 11.2 Å². The Morgan fingerprint density at radius 3 is 2.87 bits per heavy atom. The monoisotopic (exact) mass is 338 g/mol. The molecule has 1 aromatic heterocycles. The summed E-state index contributed by atoms with van der Waals surface area (Å²) in [4.78, 5) is 21.4. The van der Waals surface area contributed by atoms with Crippen molar-refractivity contribution < 1.29 is 9.53 Å². The zero-order valence-electron chi connectivity index (χ0n) is 13.9. The van der Waals surface area contributed by atoms with Crippen molar-refractivity contribution in [3.8, 4) is 0 Å². The van der Waals surface area contributed by atoms with E-state index in [1.54, 1.807) is 18.4 Å². The minimum atomic E-state index is -0.0834. The lowest BCUT2D eigenvalue weighted by Crippen LogP contribution is -2.37. The number of aliphatic imine (C=N–C) groups is 1. The van der Waals surface area contributed by atoms with Crippen molar-refractivity contribution in [2.75, 3.05) is 13.6 Å². The SMILES string of the molecule is CN=C(NCCCC(=O)OC1CCCC1)NCc1ncc(C)s1. The summed E-state index contributed by atoms with van der Waals surface area (Å²) in [6, 6.07) is 0. The fourth-order valence-electron chi connectivity index (χ4n) is 2.55. The normalized spacial score (nSPS) is 15.7. The van der Waals surface area contributed by atoms with Gasteiger partial charge < -0.3 is 15.4 Å². The van der Waals surface area contributed by atoms with Gasteiger partial charge in [-0.05, 0) is 39.0 Å². The number of esters is 1. The molecule has 1 aliphatic rings. The van der Waals surface area contributed by atoms with Crippen molar-refractivity contribution >= 4 is 23.3 Å². The standard InChI is InChI=1S/C16H26N4O2S/c1-12-10-19-14(23-12)11-20-16(17-2)18-9-5-8-15(21)22-13-6-3-4-7-13/h10,13H,3-9,11H2,1-2H3,(H2,17,18,20). The highest BCUT2D eigenvalue weighted by Gasteiger charge is 2.18. The number of carbonyl (C=O) groups excluding carboxylic acids is 1. The molecule has 2 rings (SSSR count). The molecule has 0 amide bonds. The number of nitrogens with one attached hydrogen (secondary N) is 2. The Morgan fingerprint density at radius 2 is 2.22 bits per heavy atom. The highest BCUT2D eigenvalue weighted by atomic mass is 32.1. The number of nitrogens with zero attached hydrogens (tertiary/aromatic N) is 2. The van der Waals surface area contributed by atoms with E-state index in [0.29, 0.717) is 19.5 Å². The molecule has 0 atom stereocenters. The Hall–Kier alpha value is -1.63. The van der Waals surface area contributed by atoms with Gasteiger partial charge in [0, 0.05) is 31.1 Å². The maximum absolute atomic E-state index is 11.7. The van der Waals surface area contributed by atoms with E-state index in [4.69, 9.17) is 4.74 Å². The zero-order valence-corrected chi connectivity index (χ0v) is 14.7. The first-order chi connectivity index (χ1) is 11.2. The average Bonchev–Trinajstić information content (AvgIpc) is 3.18. The van der Waals surface area contributed by atoms with E-state index in [2.05, 4.69) is 20.6 Å². The van der Waals surface area contributed by atoms with Crippen LogP contribution in [0.4, 0.5) is 0 Å². The predicted molar refractivity (Wildman–Crippen MR) is 92.6 cm³/mol. The zero-order chi connectivity index (χ0) is 16.5. The quantitative estimate of drug-likeness (QED) is 0.345. The molecule has 1 aromatic rings. The summed E-state index contributed by atoms with van der Waals surface area (Å²) >= 11 is 1.67. The van der Waals surface area contributed by atoms with Crippen LogP contribution >= 0.6 is 11.3 Å². The molecule has 0 aliphatic heterocycles. The first-order valence-electron chi connectivity index (χ1n) is 8.22. The van der Waals surface area contributed by atoms with Crippen LogP contribution in [0.5, 0.6) is 0 Å². The fraction of sp³-hybridized carbons (Fsp3) is 0.688. The number of hydrogen-bond acceptors (Lipinski definition) is 5. The highest BCUT2D eigenvalue weighted by Crippen LogP contribution is 2.21. The highest BCUT2D eigenvalue weighted by molar-refractivity contribution is 7.11. The van der Waals surface area contributed by atoms with Gasteiger partial charge in [-0.1, -0.05) is 0 Å². The lowest BCUT2D eigenvalue weighted by Gasteiger charge is -2.12. The van der Waals surface area contributed by atoms with Crippen molar-refractivity contribution in [1.29, 1.82) is 0 Å². The summed E-state index contributed by atoms with van der Waals surface area (Å²) in [6.07, 6.45) is 7.63. The van der Waals surface area contributed by atoms with Crippen LogP contribution in [-0.4, -0.2) is 36.6 Å². The first-order valence-corrected chi connectivity index (χ1v) is 9.04. The van der Waals surface area contributed by atoms with E-state index in [0.717, 1.165) is 30.2 Å². The molecule has 0 bridgehead atoms. The van der Waals surface area contributed by atoms with Crippen molar-refractivity contribution in [1.82, 2.24) is 15.6 Å². The van der Waals surface area contributed by atoms with Crippen molar-refractivity contribution in [2.24, 2.45) is 4.99 Å². The van der Waals surface area contributed by atoms with Crippen LogP contribution in [0.1, 0.15) is 48.4 Å². The molecular formula is C16H26N4O2S. The van der Waals surface area contributed by atoms with Crippen LogP contribution in [0.2, 0.25) is 0 Å². The molecule has 1 aliphatic carbocycles. The second-order valence-electron chi connectivity index (χ2n) is 5.72. The van der Waals surface area contributed by atoms with Gasteiger partial charge in [0.25, 0.3) is 0 Å². The summed E-state index contributed by atoms with van der Waals surface area (Å²) in [5.74, 6) is 0.641. The summed E-state index contributed by atoms with van der Waals surface area (Å²) in [5, 5.41) is 7.45. The Morgan fingerprint density at radius 1 is 1.43 bits per heavy atom. The Kier molecular flexibility index (Phi) is 7.32. The van der Waals surface area contributed by atoms with Crippen molar-refractivity contribution in [3.63, 3.8) is 0 Å². The van der Waals surface area contributed by atoms with Crippen LogP contribution in [0, 0.1) is 6.92 Å². The van der Waals surface area contributed by atoms with Gasteiger partial charge >= 0.3 is 5.97 Å². The number of hydrogen-bond donors (Lipinski definition) is 2. The maximum atomic E-state index is 11.7. The second kappa shape index (κ2) is 9.50. The minimum absolute atomic E-state index is 0.0834. The van der Waals surface area contributed by atoms with Gasteiger partial charge in [-0.25, -0.2) is 4.98 Å². The third kappa shape index (κ3) is 6.56. The summed E-state index contributed by atoms with van der Waals surface area (Å²) < 4.78 is 5.43. The van der Waals surface area contributed by atoms with Crippen LogP contribution < -0.4 is 10.6 Å². The van der Waals surface area contributed by atoms with Gasteiger partial charge in [-0.2, -0.15) is 0 Å². The molecule has 128 valence electrons. The van der Waals surface area contributed by atoms with Gasteiger partial charge in [0.05, 0.1) is 6.54 Å². The molecule has 0 aromatic carbocycles. The molecule has 7 heteroatoms. The molecule has 1 saturated carbocycles. The molecule has 1 fully saturated rings. The lowest BCUT2D eigenvalue weighted by atomic mass is 10.3. The Balaban J connectivity index is 1.57. The van der Waals surface area contributed by atoms with Gasteiger partial charge in [0.15, 0.2) is 5.96 Å². The summed E-state index contributed by atoms with van der Waals surface area (Å²) in [5.41, 5.74) is 0. The van der Waals surface area contributed by atoms with Crippen molar-refractivity contribution in [2.45, 2.75) is 58.1 Å². The molecular weight excluding hydrogens is 312 g/mol. The maximum Gasteiger partial charge on any atom is 0.306 e. The average molecular weight is 338 g/mol. The molecule has 0 saturated heterocycles. The van der Waals surface area contributed by atoms with Gasteiger partial charge in [-0.3, -0.25) is 9.79 Å². The first kappa shape index (κ1) is 17.7. The van der Waals surface area contributed by atoms with Gasteiger partial charge in [0.1, 0.15) is 11.1 Å². The van der Waals surface area contributed by atoms with E-state index in [1.807, 2.05) is 13.1 Å². The Labute approximate surface area is 141 Å². The van der Waals surface area contributed by atoms with Gasteiger partial charge in [-0.15, -0.1) is 11.3 Å². The third-order valence-corrected chi connectivity index (χ3v) is 4.66. The minimum Gasteiger partial charge on any atom is -0.462 e. The largest absolute Gasteiger partial charge is 0.462 e. The third-order valence-electron chi connectivity index (χ3n) is 3.75. The number of carbonyl (C=O) groups is 1. The number of thiazole rings is 1. The fourth-order valence-corrected chi connectivity index (χ4v) is 3.28. The molecule has 0 spiro atoms. The predicted octanol–water partition coefficient (Wildman–Crippen LogP) is 2.38. The number of rotatable bonds is 7. The number of aromatic nitrogens is 1. The smallest absolute Gasteiger partial charge is 0.306 e. The molecule has 0 radical (unpaired) electrons. The van der Waals surface area contributed by atoms with E-state index in [1.165, 1.54) is 17.7 Å². The lowest BCUT2D eigenvalue weighted by molar-refractivity contribution is -0.148. The van der Waals surface area contributed by atoms with E-state index in [9.17, 15) is 4.79 Å². The Bertz CT molecular complexity index is 524. The summed E-state index contributed by atoms with van der Waals surface area (Å²) in [6.45, 7) is 3.39. The second-order valence-corrected chi connectivity index (χ2v) is 7.04. The van der Waals surface area contributed by atoms with Crippen LogP contribution in [-0.2, 0) is 16.1 Å². The summed E-state index contributed by atoms with van der Waals surface area (Å²) in [7, 11) is 1.73. The molecule has 0 unspecified atom stereocenters. The number of guanidine groups is 1. The number of ether oxygens (including phenoxy) is 1. The molecule has 23 heavy (non-hydrogen) atoms. The van der Waals surface area contributed by atoms with E-state index in [-0.39, 0.29) is 12.1 Å². The van der Waals surface area contributed by atoms with Gasteiger partial charge in [0.2, 0.25) is 0 Å². The molecule has 6 nitrogen and oxygen atoms in total. The topological polar surface area (TPSA) is 75.6 Å². The van der Waals surface area contributed by atoms with E-state index < -0.39 is 0 Å². The number of aryl methyl sites for hydroxylation is 1. The molecule has 2 N–H and O–H groups in total.